The van der Waals surface area contributed by atoms with Crippen LogP contribution in [0.25, 0.3) is 22.5 Å². The summed E-state index contributed by atoms with van der Waals surface area (Å²) in [5, 5.41) is 5.24. The summed E-state index contributed by atoms with van der Waals surface area (Å²) < 4.78 is 97.5. The van der Waals surface area contributed by atoms with Crippen molar-refractivity contribution in [3.05, 3.63) is 110 Å². The summed E-state index contributed by atoms with van der Waals surface area (Å²) in [4.78, 5) is 13.7. The van der Waals surface area contributed by atoms with Gasteiger partial charge in [-0.1, -0.05) is 40.9 Å². The van der Waals surface area contributed by atoms with Crippen LogP contribution in [0.3, 0.4) is 0 Å². The minimum Gasteiger partial charge on any atom is -0.493 e. The Hall–Kier alpha value is -4.60. The Balaban J connectivity index is 0.000000195. The third-order valence-corrected chi connectivity index (χ3v) is 17.1. The Morgan fingerprint density at radius 2 is 1.00 bits per heavy atom. The van der Waals surface area contributed by atoms with E-state index in [1.54, 1.807) is 32.7 Å². The van der Waals surface area contributed by atoms with E-state index in [2.05, 4.69) is 43.2 Å². The third-order valence-electron chi connectivity index (χ3n) is 11.0. The number of halogens is 4. The first-order chi connectivity index (χ1) is 30.9. The second-order valence-electron chi connectivity index (χ2n) is 15.2. The summed E-state index contributed by atoms with van der Waals surface area (Å²) >= 11 is 14.6. The summed E-state index contributed by atoms with van der Waals surface area (Å²) in [5.41, 5.74) is 7.29. The van der Waals surface area contributed by atoms with Crippen molar-refractivity contribution in [3.63, 3.8) is 0 Å². The number of hydrogen-bond donors (Lipinski definition) is 0. The van der Waals surface area contributed by atoms with Crippen molar-refractivity contribution in [2.24, 2.45) is 0 Å². The van der Waals surface area contributed by atoms with Crippen LogP contribution in [0.4, 0.5) is 19.0 Å². The molecule has 0 N–H and O–H groups in total. The van der Waals surface area contributed by atoms with Crippen molar-refractivity contribution in [1.29, 1.82) is 0 Å². The number of hydrogen-bond acceptors (Lipinski definition) is 13. The highest BCUT2D eigenvalue weighted by Gasteiger charge is 2.32. The molecule has 4 heterocycles. The van der Waals surface area contributed by atoms with Gasteiger partial charge in [0.25, 0.3) is 0 Å². The number of piperazine rings is 2. The van der Waals surface area contributed by atoms with Crippen LogP contribution in [0.2, 0.25) is 10.0 Å². The minimum atomic E-state index is -3.77. The fourth-order valence-electron chi connectivity index (χ4n) is 7.69. The van der Waals surface area contributed by atoms with E-state index in [1.165, 1.54) is 48.8 Å². The van der Waals surface area contributed by atoms with E-state index in [0.717, 1.165) is 57.0 Å². The molecule has 0 atom stereocenters. The molecule has 0 amide bonds. The smallest absolute Gasteiger partial charge is 0.243 e. The van der Waals surface area contributed by atoms with E-state index in [0.29, 0.717) is 56.5 Å². The predicted octanol–water partition coefficient (Wildman–Crippen LogP) is 9.18. The van der Waals surface area contributed by atoms with Gasteiger partial charge >= 0.3 is 0 Å². The number of methoxy groups -OCH3 is 3. The Morgan fingerprint density at radius 1 is 0.585 bits per heavy atom. The molecule has 0 aliphatic carbocycles. The fraction of sp³-hybridized carbons (Fsp3) is 0.318. The molecule has 2 aliphatic heterocycles. The van der Waals surface area contributed by atoms with Gasteiger partial charge in [0.15, 0.2) is 21.8 Å². The number of aryl methyl sites for hydroxylation is 3. The number of anilines is 2. The molecular weight excluding hydrogens is 962 g/mol. The van der Waals surface area contributed by atoms with E-state index >= 15 is 0 Å². The van der Waals surface area contributed by atoms with E-state index < -0.39 is 31.7 Å². The third kappa shape index (κ3) is 10.4. The monoisotopic (exact) mass is 1010 g/mol. The number of sulfonamides is 2. The normalized spacial score (nSPS) is 15.1. The first kappa shape index (κ1) is 48.3. The summed E-state index contributed by atoms with van der Waals surface area (Å²) in [6.45, 7) is 9.49. The summed E-state index contributed by atoms with van der Waals surface area (Å²) in [7, 11) is -2.83. The van der Waals surface area contributed by atoms with E-state index in [-0.39, 0.29) is 32.9 Å². The van der Waals surface area contributed by atoms with Crippen molar-refractivity contribution < 1.29 is 39.8 Å². The van der Waals surface area contributed by atoms with Crippen LogP contribution < -0.4 is 24.0 Å². The molecule has 2 saturated heterocycles. The number of nitrogens with zero attached hydrogens (tertiary/aromatic N) is 6. The maximum absolute atomic E-state index is 13.4. The Labute approximate surface area is 395 Å². The first-order valence-corrected chi connectivity index (χ1v) is 25.5. The van der Waals surface area contributed by atoms with Gasteiger partial charge in [-0.2, -0.15) is 8.61 Å². The molecular formula is C44H46Cl2F2N6O7S4. The Kier molecular flexibility index (Phi) is 14.9. The lowest BCUT2D eigenvalue weighted by atomic mass is 9.98. The van der Waals surface area contributed by atoms with Gasteiger partial charge in [0.05, 0.1) is 52.6 Å². The number of benzene rings is 4. The number of thiazole rings is 2. The zero-order valence-electron chi connectivity index (χ0n) is 36.3. The SMILES string of the molecule is COc1cc(-c2csc(N3CCN(S(=O)(=O)c4ccc(F)c(Cl)c4)CC3)n2)cc(OC)c1OC.Cc1cc(C)c(-c2csc(N3CCN(S(=O)(=O)c4ccc(F)c(Cl)c4)CC3)n2)c(C)c1. The molecule has 4 aromatic carbocycles. The lowest BCUT2D eigenvalue weighted by molar-refractivity contribution is 0.324. The van der Waals surface area contributed by atoms with Crippen molar-refractivity contribution in [2.45, 2.75) is 30.6 Å². The molecule has 0 spiro atoms. The zero-order valence-corrected chi connectivity index (χ0v) is 41.0. The second kappa shape index (κ2) is 20.1. The van der Waals surface area contributed by atoms with Gasteiger partial charge in [-0.3, -0.25) is 0 Å². The Morgan fingerprint density at radius 3 is 1.40 bits per heavy atom. The average Bonchev–Trinajstić information content (AvgIpc) is 3.99. The number of rotatable bonds is 11. The number of aromatic nitrogens is 2. The zero-order chi connectivity index (χ0) is 46.8. The van der Waals surface area contributed by atoms with E-state index in [9.17, 15) is 25.6 Å². The lowest BCUT2D eigenvalue weighted by Gasteiger charge is -2.33. The number of ether oxygens (including phenoxy) is 3. The van der Waals surface area contributed by atoms with Crippen LogP contribution in [-0.2, 0) is 20.0 Å². The van der Waals surface area contributed by atoms with Crippen LogP contribution >= 0.6 is 45.9 Å². The van der Waals surface area contributed by atoms with Crippen LogP contribution in [0.5, 0.6) is 17.2 Å². The van der Waals surface area contributed by atoms with Gasteiger partial charge in [-0.15, -0.1) is 22.7 Å². The van der Waals surface area contributed by atoms with Gasteiger partial charge in [0.2, 0.25) is 25.8 Å². The van der Waals surface area contributed by atoms with E-state index in [1.807, 2.05) is 22.4 Å². The van der Waals surface area contributed by atoms with Gasteiger partial charge in [-0.05, 0) is 80.4 Å². The van der Waals surface area contributed by atoms with Crippen molar-refractivity contribution in [2.75, 3.05) is 83.5 Å². The minimum absolute atomic E-state index is 0.00852. The second-order valence-corrected chi connectivity index (χ2v) is 21.5. The highest BCUT2D eigenvalue weighted by atomic mass is 35.5. The molecule has 65 heavy (non-hydrogen) atoms. The maximum atomic E-state index is 13.4. The standard InChI is InChI=1S/C22H23ClFN3O5S2.C22H23ClFN3O2S2/c1-30-19-10-14(11-20(31-2)21(19)32-3)18-13-33-22(25-18)26-6-8-27(9-7-26)34(28,29)15-4-5-17(24)16(23)12-15;1-14-10-15(2)21(16(3)11-14)20-13-30-22(25-20)26-6-8-27(9-7-26)31(28,29)17-4-5-19(24)18(23)12-17/h4-5,10-13H,6-9H2,1-3H3;4-5,10-13H,6-9H2,1-3H3. The Bertz CT molecular complexity index is 2870. The molecule has 2 aromatic heterocycles. The summed E-state index contributed by atoms with van der Waals surface area (Å²) in [6.07, 6.45) is 0. The molecule has 2 aliphatic rings. The van der Waals surface area contributed by atoms with E-state index in [4.69, 9.17) is 47.4 Å². The van der Waals surface area contributed by atoms with Gasteiger partial charge in [-0.25, -0.2) is 35.6 Å². The molecule has 21 heteroatoms. The fourth-order valence-corrected chi connectivity index (χ4v) is 12.8. The molecule has 0 bridgehead atoms. The van der Waals surface area contributed by atoms with Gasteiger partial charge in [0.1, 0.15) is 11.6 Å². The lowest BCUT2D eigenvalue weighted by Crippen LogP contribution is -2.48. The average molecular weight is 1010 g/mol. The summed E-state index contributed by atoms with van der Waals surface area (Å²) in [6, 6.07) is 14.9. The topological polar surface area (TPSA) is 135 Å². The van der Waals surface area contributed by atoms with Gasteiger partial charge in [0, 0.05) is 74.2 Å². The van der Waals surface area contributed by atoms with Crippen LogP contribution in [0.1, 0.15) is 16.7 Å². The van der Waals surface area contributed by atoms with Crippen LogP contribution in [0, 0.1) is 32.4 Å². The van der Waals surface area contributed by atoms with Crippen LogP contribution in [-0.4, -0.2) is 109 Å². The quantitative estimate of drug-likeness (QED) is 0.123. The molecule has 0 saturated carbocycles. The highest BCUT2D eigenvalue weighted by molar-refractivity contribution is 7.89. The molecule has 8 rings (SSSR count). The molecule has 346 valence electrons. The van der Waals surface area contributed by atoms with Crippen LogP contribution in [0.15, 0.2) is 81.2 Å². The molecule has 2 fully saturated rings. The maximum Gasteiger partial charge on any atom is 0.243 e. The summed E-state index contributed by atoms with van der Waals surface area (Å²) in [5.74, 6) is 0.280. The molecule has 6 aromatic rings. The largest absolute Gasteiger partial charge is 0.493 e. The van der Waals surface area contributed by atoms with Crippen molar-refractivity contribution in [3.8, 4) is 39.8 Å². The van der Waals surface area contributed by atoms with Crippen molar-refractivity contribution >= 4 is 76.2 Å². The predicted molar refractivity (Wildman–Crippen MR) is 254 cm³/mol. The molecule has 0 radical (unpaired) electrons. The van der Waals surface area contributed by atoms with Crippen molar-refractivity contribution in [1.82, 2.24) is 18.6 Å². The molecule has 13 nitrogen and oxygen atoms in total. The molecule has 0 unspecified atom stereocenters. The first-order valence-electron chi connectivity index (χ1n) is 20.1. The highest BCUT2D eigenvalue weighted by Crippen LogP contribution is 2.42. The van der Waals surface area contributed by atoms with Gasteiger partial charge < -0.3 is 24.0 Å².